The summed E-state index contributed by atoms with van der Waals surface area (Å²) in [7, 11) is 0. The van der Waals surface area contributed by atoms with Gasteiger partial charge >= 0.3 is 5.97 Å². The van der Waals surface area contributed by atoms with Gasteiger partial charge in [-0.05, 0) is 67.1 Å². The lowest BCUT2D eigenvalue weighted by Crippen LogP contribution is -2.20. The number of carboxylic acids is 1. The second-order valence-corrected chi connectivity index (χ2v) is 10.0. The fourth-order valence-corrected chi connectivity index (χ4v) is 5.44. The van der Waals surface area contributed by atoms with Crippen LogP contribution in [-0.4, -0.2) is 57.1 Å². The summed E-state index contributed by atoms with van der Waals surface area (Å²) in [6.07, 6.45) is 10.6. The van der Waals surface area contributed by atoms with Gasteiger partial charge in [-0.25, -0.2) is 4.98 Å². The first-order valence-electron chi connectivity index (χ1n) is 13.4. The van der Waals surface area contributed by atoms with Crippen molar-refractivity contribution in [1.29, 1.82) is 0 Å². The Morgan fingerprint density at radius 2 is 1.97 bits per heavy atom. The molecule has 6 rings (SSSR count). The SMILES string of the molecule is O=C(O)CC(c1cncc(N2CCCC2)c1)n1ncc2cc(OCCc3ccc4c(n3)NCCC4)ccc21. The van der Waals surface area contributed by atoms with Crippen molar-refractivity contribution in [3.05, 3.63) is 71.8 Å². The lowest BCUT2D eigenvalue weighted by Gasteiger charge is -2.21. The molecular weight excluding hydrogens is 480 g/mol. The fourth-order valence-electron chi connectivity index (χ4n) is 5.44. The van der Waals surface area contributed by atoms with Crippen LogP contribution < -0.4 is 15.0 Å². The summed E-state index contributed by atoms with van der Waals surface area (Å²) in [5.41, 5.74) is 5.02. The van der Waals surface area contributed by atoms with Gasteiger partial charge in [-0.3, -0.25) is 14.5 Å². The maximum atomic E-state index is 11.8. The van der Waals surface area contributed by atoms with Gasteiger partial charge in [0.2, 0.25) is 0 Å². The topological polar surface area (TPSA) is 105 Å². The molecule has 0 bridgehead atoms. The van der Waals surface area contributed by atoms with Crippen LogP contribution in [0.2, 0.25) is 0 Å². The minimum atomic E-state index is -0.879. The molecule has 196 valence electrons. The number of aliphatic carboxylic acids is 1. The summed E-state index contributed by atoms with van der Waals surface area (Å²) in [5, 5.41) is 18.6. The highest BCUT2D eigenvalue weighted by atomic mass is 16.5. The Bertz CT molecular complexity index is 1450. The first-order chi connectivity index (χ1) is 18.6. The molecule has 1 saturated heterocycles. The average Bonchev–Trinajstić information content (AvgIpc) is 3.62. The highest BCUT2D eigenvalue weighted by Gasteiger charge is 2.23. The van der Waals surface area contributed by atoms with E-state index in [1.54, 1.807) is 17.1 Å². The first kappa shape index (κ1) is 24.2. The molecule has 1 unspecified atom stereocenters. The Kier molecular flexibility index (Phi) is 6.81. The molecule has 2 N–H and O–H groups in total. The summed E-state index contributed by atoms with van der Waals surface area (Å²) in [6.45, 7) is 3.49. The van der Waals surface area contributed by atoms with Gasteiger partial charge in [0, 0.05) is 43.3 Å². The third kappa shape index (κ3) is 5.14. The Morgan fingerprint density at radius 1 is 1.08 bits per heavy atom. The molecule has 38 heavy (non-hydrogen) atoms. The van der Waals surface area contributed by atoms with E-state index in [0.29, 0.717) is 13.0 Å². The van der Waals surface area contributed by atoms with Gasteiger partial charge in [-0.2, -0.15) is 5.10 Å². The third-order valence-corrected chi connectivity index (χ3v) is 7.41. The van der Waals surface area contributed by atoms with Gasteiger partial charge in [-0.15, -0.1) is 0 Å². The number of nitrogens with zero attached hydrogens (tertiary/aromatic N) is 5. The fraction of sp³-hybridized carbons (Fsp3) is 0.379. The summed E-state index contributed by atoms with van der Waals surface area (Å²) in [6, 6.07) is 11.7. The number of pyridine rings is 2. The van der Waals surface area contributed by atoms with Crippen molar-refractivity contribution >= 4 is 28.4 Å². The molecule has 5 heterocycles. The van der Waals surface area contributed by atoms with Crippen LogP contribution in [0.3, 0.4) is 0 Å². The lowest BCUT2D eigenvalue weighted by atomic mass is 10.0. The lowest BCUT2D eigenvalue weighted by molar-refractivity contribution is -0.137. The smallest absolute Gasteiger partial charge is 0.305 e. The van der Waals surface area contributed by atoms with Gasteiger partial charge in [0.05, 0.1) is 42.7 Å². The number of carbonyl (C=O) groups is 1. The Balaban J connectivity index is 1.19. The molecule has 3 aromatic heterocycles. The van der Waals surface area contributed by atoms with Crippen LogP contribution in [0, 0.1) is 0 Å². The van der Waals surface area contributed by atoms with Gasteiger partial charge in [0.25, 0.3) is 0 Å². The van der Waals surface area contributed by atoms with E-state index < -0.39 is 12.0 Å². The van der Waals surface area contributed by atoms with Gasteiger partial charge in [0.15, 0.2) is 0 Å². The molecule has 1 fully saturated rings. The molecule has 0 spiro atoms. The third-order valence-electron chi connectivity index (χ3n) is 7.41. The number of benzene rings is 1. The van der Waals surface area contributed by atoms with E-state index in [-0.39, 0.29) is 6.42 Å². The summed E-state index contributed by atoms with van der Waals surface area (Å²) >= 11 is 0. The molecule has 1 aromatic carbocycles. The number of aromatic nitrogens is 4. The van der Waals surface area contributed by atoms with Crippen molar-refractivity contribution in [3.63, 3.8) is 0 Å². The molecule has 2 aliphatic heterocycles. The second-order valence-electron chi connectivity index (χ2n) is 10.0. The van der Waals surface area contributed by atoms with E-state index in [1.165, 1.54) is 5.56 Å². The van der Waals surface area contributed by atoms with Gasteiger partial charge < -0.3 is 20.1 Å². The number of rotatable bonds is 9. The van der Waals surface area contributed by atoms with E-state index in [1.807, 2.05) is 24.4 Å². The summed E-state index contributed by atoms with van der Waals surface area (Å²) < 4.78 is 7.84. The first-order valence-corrected chi connectivity index (χ1v) is 13.4. The van der Waals surface area contributed by atoms with Crippen LogP contribution in [0.4, 0.5) is 11.5 Å². The van der Waals surface area contributed by atoms with E-state index in [9.17, 15) is 9.90 Å². The number of anilines is 2. The van der Waals surface area contributed by atoms with E-state index >= 15 is 0 Å². The van der Waals surface area contributed by atoms with Crippen LogP contribution in [-0.2, 0) is 17.6 Å². The number of aryl methyl sites for hydroxylation is 1. The predicted molar refractivity (Wildman–Crippen MR) is 146 cm³/mol. The highest BCUT2D eigenvalue weighted by molar-refractivity contribution is 5.81. The van der Waals surface area contributed by atoms with Crippen molar-refractivity contribution in [2.45, 2.75) is 44.6 Å². The number of ether oxygens (including phenoxy) is 1. The Morgan fingerprint density at radius 3 is 2.84 bits per heavy atom. The minimum absolute atomic E-state index is 0.0806. The van der Waals surface area contributed by atoms with Gasteiger partial charge in [-0.1, -0.05) is 6.07 Å². The number of nitrogens with one attached hydrogen (secondary N) is 1. The predicted octanol–water partition coefficient (Wildman–Crippen LogP) is 4.47. The molecule has 2 aliphatic rings. The monoisotopic (exact) mass is 512 g/mol. The number of hydrogen-bond acceptors (Lipinski definition) is 7. The molecule has 1 atom stereocenters. The zero-order valence-corrected chi connectivity index (χ0v) is 21.3. The van der Waals surface area contributed by atoms with Crippen LogP contribution in [0.5, 0.6) is 5.75 Å². The molecule has 0 aliphatic carbocycles. The van der Waals surface area contributed by atoms with Crippen molar-refractivity contribution < 1.29 is 14.6 Å². The minimum Gasteiger partial charge on any atom is -0.493 e. The summed E-state index contributed by atoms with van der Waals surface area (Å²) in [4.78, 5) is 23.3. The van der Waals surface area contributed by atoms with E-state index in [0.717, 1.165) is 84.7 Å². The van der Waals surface area contributed by atoms with Crippen molar-refractivity contribution in [3.8, 4) is 5.75 Å². The Labute approximate surface area is 221 Å². The zero-order chi connectivity index (χ0) is 25.9. The number of fused-ring (bicyclic) bond motifs is 2. The Hall–Kier alpha value is -4.14. The molecular formula is C29H32N6O3. The maximum absolute atomic E-state index is 11.8. The van der Waals surface area contributed by atoms with Crippen molar-refractivity contribution in [2.24, 2.45) is 0 Å². The van der Waals surface area contributed by atoms with Crippen LogP contribution in [0.1, 0.15) is 48.5 Å². The summed E-state index contributed by atoms with van der Waals surface area (Å²) in [5.74, 6) is 0.872. The number of carboxylic acid groups (broad SMARTS) is 1. The quantitative estimate of drug-likeness (QED) is 0.338. The molecule has 0 radical (unpaired) electrons. The molecule has 4 aromatic rings. The van der Waals surface area contributed by atoms with Crippen molar-refractivity contribution in [2.75, 3.05) is 36.5 Å². The normalized spacial score (nSPS) is 15.7. The van der Waals surface area contributed by atoms with Crippen LogP contribution in [0.25, 0.3) is 10.9 Å². The molecule has 0 saturated carbocycles. The average molecular weight is 513 g/mol. The van der Waals surface area contributed by atoms with E-state index in [2.05, 4.69) is 38.5 Å². The standard InChI is InChI=1S/C29H32N6O3/c36-28(37)16-27(21-14-24(19-30-17-21)34-11-1-2-12-34)35-26-8-7-25(15-22(26)18-32-35)38-13-9-23-6-5-20-4-3-10-31-29(20)33-23/h5-8,14-15,17-19,27H,1-4,9-13,16H2,(H,31,33)(H,36,37). The molecule has 9 nitrogen and oxygen atoms in total. The zero-order valence-electron chi connectivity index (χ0n) is 21.3. The molecule has 9 heteroatoms. The maximum Gasteiger partial charge on any atom is 0.305 e. The number of hydrogen-bond donors (Lipinski definition) is 2. The van der Waals surface area contributed by atoms with E-state index in [4.69, 9.17) is 9.72 Å². The highest BCUT2D eigenvalue weighted by Crippen LogP contribution is 2.31. The van der Waals surface area contributed by atoms with Crippen LogP contribution >= 0.6 is 0 Å². The van der Waals surface area contributed by atoms with Crippen LogP contribution in [0.15, 0.2) is 55.0 Å². The van der Waals surface area contributed by atoms with Gasteiger partial charge in [0.1, 0.15) is 11.6 Å². The molecule has 0 amide bonds. The van der Waals surface area contributed by atoms with Crippen molar-refractivity contribution in [1.82, 2.24) is 19.7 Å². The largest absolute Gasteiger partial charge is 0.493 e. The second kappa shape index (κ2) is 10.7.